The van der Waals surface area contributed by atoms with E-state index in [4.69, 9.17) is 0 Å². The number of likely N-dealkylation sites (tertiary alicyclic amines) is 1. The van der Waals surface area contributed by atoms with Gasteiger partial charge in [-0.2, -0.15) is 0 Å². The quantitative estimate of drug-likeness (QED) is 0.923. The van der Waals surface area contributed by atoms with Crippen LogP contribution in [0.1, 0.15) is 47.2 Å². The average molecular weight is 286 g/mol. The second-order valence-electron chi connectivity index (χ2n) is 5.96. The van der Waals surface area contributed by atoms with Crippen molar-refractivity contribution in [1.29, 1.82) is 0 Å². The van der Waals surface area contributed by atoms with Crippen molar-refractivity contribution in [3.05, 3.63) is 34.9 Å². The lowest BCUT2D eigenvalue weighted by molar-refractivity contribution is -0.129. The Balaban J connectivity index is 1.58. The molecule has 1 saturated heterocycles. The lowest BCUT2D eigenvalue weighted by Crippen LogP contribution is -2.38. The fraction of sp³-hybridized carbons (Fsp3) is 0.529. The van der Waals surface area contributed by atoms with Gasteiger partial charge >= 0.3 is 0 Å². The Kier molecular flexibility index (Phi) is 4.23. The number of carbonyl (C=O) groups excluding carboxylic acids is 2. The van der Waals surface area contributed by atoms with E-state index < -0.39 is 0 Å². The molecule has 4 heteroatoms. The molecule has 3 rings (SSSR count). The molecule has 0 radical (unpaired) electrons. The molecule has 0 unspecified atom stereocenters. The first-order valence-electron chi connectivity index (χ1n) is 7.92. The summed E-state index contributed by atoms with van der Waals surface area (Å²) in [6.45, 7) is 1.76. The highest BCUT2D eigenvalue weighted by atomic mass is 16.2. The highest BCUT2D eigenvalue weighted by Crippen LogP contribution is 2.22. The Labute approximate surface area is 125 Å². The van der Waals surface area contributed by atoms with Gasteiger partial charge in [-0.25, -0.2) is 0 Å². The summed E-state index contributed by atoms with van der Waals surface area (Å²) in [6, 6.07) is 5.93. The van der Waals surface area contributed by atoms with E-state index >= 15 is 0 Å². The topological polar surface area (TPSA) is 49.4 Å². The minimum Gasteiger partial charge on any atom is -0.343 e. The second kappa shape index (κ2) is 6.29. The number of hydrogen-bond donors (Lipinski definition) is 1. The first kappa shape index (κ1) is 14.1. The van der Waals surface area contributed by atoms with Gasteiger partial charge in [0.25, 0.3) is 5.91 Å². The van der Waals surface area contributed by atoms with E-state index in [2.05, 4.69) is 11.4 Å². The van der Waals surface area contributed by atoms with Crippen molar-refractivity contribution >= 4 is 11.8 Å². The maximum Gasteiger partial charge on any atom is 0.251 e. The zero-order valence-electron chi connectivity index (χ0n) is 12.4. The zero-order valence-corrected chi connectivity index (χ0v) is 12.4. The number of fused-ring (bicyclic) bond motifs is 1. The van der Waals surface area contributed by atoms with Crippen LogP contribution in [0.5, 0.6) is 0 Å². The van der Waals surface area contributed by atoms with Gasteiger partial charge in [0.05, 0.1) is 6.54 Å². The largest absolute Gasteiger partial charge is 0.343 e. The summed E-state index contributed by atoms with van der Waals surface area (Å²) in [4.78, 5) is 25.9. The third-order valence-electron chi connectivity index (χ3n) is 4.47. The molecule has 1 N–H and O–H groups in total. The van der Waals surface area contributed by atoms with Crippen LogP contribution >= 0.6 is 0 Å². The Morgan fingerprint density at radius 2 is 1.71 bits per heavy atom. The van der Waals surface area contributed by atoms with Crippen LogP contribution < -0.4 is 5.32 Å². The molecular formula is C17H22N2O2. The van der Waals surface area contributed by atoms with Crippen LogP contribution in [-0.2, 0) is 17.6 Å². The molecule has 0 aromatic heterocycles. The summed E-state index contributed by atoms with van der Waals surface area (Å²) in [5, 5.41) is 2.75. The molecule has 0 bridgehead atoms. The number of amides is 2. The highest BCUT2D eigenvalue weighted by molar-refractivity contribution is 5.96. The molecule has 2 aliphatic rings. The van der Waals surface area contributed by atoms with Crippen LogP contribution in [0.2, 0.25) is 0 Å². The molecule has 1 aliphatic heterocycles. The highest BCUT2D eigenvalue weighted by Gasteiger charge is 2.19. The molecule has 0 spiro atoms. The summed E-state index contributed by atoms with van der Waals surface area (Å²) < 4.78 is 0. The summed E-state index contributed by atoms with van der Waals surface area (Å²) in [7, 11) is 0. The molecule has 1 aromatic rings. The predicted molar refractivity (Wildman–Crippen MR) is 81.2 cm³/mol. The van der Waals surface area contributed by atoms with Gasteiger partial charge in [-0.15, -0.1) is 0 Å². The molecule has 1 heterocycles. The maximum atomic E-state index is 12.2. The summed E-state index contributed by atoms with van der Waals surface area (Å²) in [5.41, 5.74) is 3.33. The monoisotopic (exact) mass is 286 g/mol. The first-order chi connectivity index (χ1) is 10.2. The van der Waals surface area contributed by atoms with Crippen molar-refractivity contribution < 1.29 is 9.59 Å². The third-order valence-corrected chi connectivity index (χ3v) is 4.47. The van der Waals surface area contributed by atoms with Gasteiger partial charge in [-0.3, -0.25) is 9.59 Å². The van der Waals surface area contributed by atoms with Crippen LogP contribution in [0.25, 0.3) is 0 Å². The molecule has 0 saturated carbocycles. The van der Waals surface area contributed by atoms with Crippen LogP contribution in [0, 0.1) is 0 Å². The van der Waals surface area contributed by atoms with Crippen molar-refractivity contribution in [2.75, 3.05) is 19.6 Å². The number of carbonyl (C=O) groups is 2. The summed E-state index contributed by atoms with van der Waals surface area (Å²) >= 11 is 0. The van der Waals surface area contributed by atoms with E-state index in [1.807, 2.05) is 17.0 Å². The van der Waals surface area contributed by atoms with Crippen molar-refractivity contribution in [2.45, 2.75) is 38.5 Å². The van der Waals surface area contributed by atoms with Crippen LogP contribution in [-0.4, -0.2) is 36.3 Å². The number of rotatable bonds is 3. The van der Waals surface area contributed by atoms with Crippen molar-refractivity contribution in [2.24, 2.45) is 0 Å². The van der Waals surface area contributed by atoms with Gasteiger partial charge in [0.15, 0.2) is 0 Å². The predicted octanol–water partition coefficient (Wildman–Crippen LogP) is 1.92. The summed E-state index contributed by atoms with van der Waals surface area (Å²) in [6.07, 6.45) is 6.76. The van der Waals surface area contributed by atoms with Crippen molar-refractivity contribution in [3.8, 4) is 0 Å². The van der Waals surface area contributed by atoms with Crippen LogP contribution in [0.15, 0.2) is 18.2 Å². The number of benzene rings is 1. The Hall–Kier alpha value is -1.84. The molecule has 21 heavy (non-hydrogen) atoms. The van der Waals surface area contributed by atoms with Crippen LogP contribution in [0.4, 0.5) is 0 Å². The Bertz CT molecular complexity index is 548. The molecular weight excluding hydrogens is 264 g/mol. The number of nitrogens with one attached hydrogen (secondary N) is 1. The second-order valence-corrected chi connectivity index (χ2v) is 5.96. The molecule has 1 aliphatic carbocycles. The van der Waals surface area contributed by atoms with Gasteiger partial charge in [-0.05, 0) is 61.8 Å². The SMILES string of the molecule is O=C(NCC(=O)N1CCCC1)c1ccc2c(c1)CCCC2. The minimum atomic E-state index is -0.143. The number of hydrogen-bond acceptors (Lipinski definition) is 2. The standard InChI is InChI=1S/C17H22N2O2/c20-16(19-9-3-4-10-19)12-18-17(21)15-8-7-13-5-1-2-6-14(13)11-15/h7-8,11H,1-6,9-10,12H2,(H,18,21). The van der Waals surface area contributed by atoms with Gasteiger partial charge in [-0.1, -0.05) is 6.07 Å². The molecule has 0 atom stereocenters. The van der Waals surface area contributed by atoms with E-state index in [9.17, 15) is 9.59 Å². The Morgan fingerprint density at radius 3 is 2.48 bits per heavy atom. The molecule has 1 fully saturated rings. The number of aryl methyl sites for hydroxylation is 2. The van der Waals surface area contributed by atoms with Crippen molar-refractivity contribution in [1.82, 2.24) is 10.2 Å². The lowest BCUT2D eigenvalue weighted by Gasteiger charge is -2.17. The minimum absolute atomic E-state index is 0.0267. The fourth-order valence-electron chi connectivity index (χ4n) is 3.21. The van der Waals surface area contributed by atoms with E-state index in [0.29, 0.717) is 5.56 Å². The summed E-state index contributed by atoms with van der Waals surface area (Å²) in [5.74, 6) is -0.116. The molecule has 4 nitrogen and oxygen atoms in total. The van der Waals surface area contributed by atoms with Crippen molar-refractivity contribution in [3.63, 3.8) is 0 Å². The molecule has 1 aromatic carbocycles. The smallest absolute Gasteiger partial charge is 0.251 e. The average Bonchev–Trinajstić information content (AvgIpc) is 3.06. The maximum absolute atomic E-state index is 12.2. The number of nitrogens with zero attached hydrogens (tertiary/aromatic N) is 1. The van der Waals surface area contributed by atoms with E-state index in [-0.39, 0.29) is 18.4 Å². The third kappa shape index (κ3) is 3.26. The first-order valence-corrected chi connectivity index (χ1v) is 7.92. The fourth-order valence-corrected chi connectivity index (χ4v) is 3.21. The van der Waals surface area contributed by atoms with Gasteiger partial charge in [0.1, 0.15) is 0 Å². The van der Waals surface area contributed by atoms with E-state index in [1.54, 1.807) is 0 Å². The lowest BCUT2D eigenvalue weighted by atomic mass is 9.90. The molecule has 2 amide bonds. The zero-order chi connectivity index (χ0) is 14.7. The van der Waals surface area contributed by atoms with Crippen LogP contribution in [0.3, 0.4) is 0 Å². The molecule has 112 valence electrons. The van der Waals surface area contributed by atoms with Gasteiger partial charge in [0.2, 0.25) is 5.91 Å². The van der Waals surface area contributed by atoms with Gasteiger partial charge < -0.3 is 10.2 Å². The van der Waals surface area contributed by atoms with E-state index in [1.165, 1.54) is 24.0 Å². The van der Waals surface area contributed by atoms with E-state index in [0.717, 1.165) is 38.8 Å². The normalized spacial score (nSPS) is 17.4. The van der Waals surface area contributed by atoms with Gasteiger partial charge in [0, 0.05) is 18.7 Å². The Morgan fingerprint density at radius 1 is 1.00 bits per heavy atom.